The van der Waals surface area contributed by atoms with E-state index >= 15 is 0 Å². The third kappa shape index (κ3) is 3.55. The molecule has 0 saturated heterocycles. The van der Waals surface area contributed by atoms with Crippen LogP contribution in [0.3, 0.4) is 0 Å². The zero-order valence-corrected chi connectivity index (χ0v) is 22.4. The van der Waals surface area contributed by atoms with Crippen LogP contribution >= 0.6 is 0 Å². The molecule has 0 aliphatic heterocycles. The maximum Gasteiger partial charge on any atom is 0.309 e. The lowest BCUT2D eigenvalue weighted by Crippen LogP contribution is -2.63. The lowest BCUT2D eigenvalue weighted by Gasteiger charge is -2.69. The first-order valence-electron chi connectivity index (χ1n) is 14.2. The van der Waals surface area contributed by atoms with Crippen LogP contribution in [-0.4, -0.2) is 17.1 Å². The summed E-state index contributed by atoms with van der Waals surface area (Å²) in [4.78, 5) is 24.1. The fraction of sp³-hybridized carbons (Fsp3) is 0.900. The van der Waals surface area contributed by atoms with Crippen molar-refractivity contribution in [2.45, 2.75) is 118 Å². The number of hydrogen-bond acceptors (Lipinski definition) is 3. The van der Waals surface area contributed by atoms with Gasteiger partial charge >= 0.3 is 5.97 Å². The summed E-state index contributed by atoms with van der Waals surface area (Å²) in [7, 11) is 0. The molecule has 5 rings (SSSR count). The number of carboxylic acid groups (broad SMARTS) is 1. The summed E-state index contributed by atoms with van der Waals surface area (Å²) in [5.41, 5.74) is 0.172. The van der Waals surface area contributed by atoms with E-state index in [1.165, 1.54) is 32.1 Å². The molecule has 0 amide bonds. The van der Waals surface area contributed by atoms with Crippen LogP contribution in [0.2, 0.25) is 0 Å². The Balaban J connectivity index is 0.000000868. The van der Waals surface area contributed by atoms with Gasteiger partial charge in [0, 0.05) is 0 Å². The van der Waals surface area contributed by atoms with E-state index in [1.54, 1.807) is 6.08 Å². The number of rotatable bonds is 2. The van der Waals surface area contributed by atoms with Gasteiger partial charge in [-0.25, -0.2) is 0 Å². The molecule has 9 atom stereocenters. The van der Waals surface area contributed by atoms with Crippen LogP contribution < -0.4 is 0 Å². The van der Waals surface area contributed by atoms with Gasteiger partial charge < -0.3 is 5.11 Å². The van der Waals surface area contributed by atoms with Crippen molar-refractivity contribution >= 4 is 5.97 Å². The minimum absolute atomic E-state index is 0.0126. The Morgan fingerprint density at radius 2 is 1.53 bits per heavy atom. The number of aliphatic carboxylic acids is 1. The summed E-state index contributed by atoms with van der Waals surface area (Å²) in [5.74, 6) is 2.46. The molecule has 0 bridgehead atoms. The van der Waals surface area contributed by atoms with E-state index in [0.29, 0.717) is 35.0 Å². The molecule has 5 aliphatic carbocycles. The number of nitrogens with zero attached hydrogens (tertiary/aromatic N) is 1. The minimum atomic E-state index is -0.500. The van der Waals surface area contributed by atoms with Crippen LogP contribution in [0.5, 0.6) is 0 Å². The van der Waals surface area contributed by atoms with Crippen LogP contribution in [0.25, 0.3) is 0 Å². The Labute approximate surface area is 207 Å². The fourth-order valence-corrected chi connectivity index (χ4v) is 10.9. The SMILES string of the molecule is C=CC.CC1(C)C(N=O)CCC2(C)C1CCC1(C)C3CCC4(C(=O)O)CCCCC4C3CCC12. The van der Waals surface area contributed by atoms with Crippen LogP contribution in [0.15, 0.2) is 17.8 Å². The maximum absolute atomic E-state index is 12.5. The average Bonchev–Trinajstić information content (AvgIpc) is 2.78. The van der Waals surface area contributed by atoms with Crippen molar-refractivity contribution in [3.8, 4) is 0 Å². The fourth-order valence-electron chi connectivity index (χ4n) is 10.9. The molecule has 5 aliphatic rings. The molecule has 0 aromatic rings. The highest BCUT2D eigenvalue weighted by Crippen LogP contribution is 2.72. The molecule has 1 N–H and O–H groups in total. The number of allylic oxidation sites excluding steroid dienone is 1. The molecule has 0 aromatic carbocycles. The largest absolute Gasteiger partial charge is 0.481 e. The molecule has 0 aromatic heterocycles. The van der Waals surface area contributed by atoms with Gasteiger partial charge in [-0.2, -0.15) is 4.91 Å². The van der Waals surface area contributed by atoms with Gasteiger partial charge in [0.2, 0.25) is 0 Å². The highest BCUT2D eigenvalue weighted by Gasteiger charge is 2.66. The second-order valence-electron chi connectivity index (χ2n) is 13.7. The smallest absolute Gasteiger partial charge is 0.309 e. The highest BCUT2D eigenvalue weighted by molar-refractivity contribution is 5.75. The lowest BCUT2D eigenvalue weighted by atomic mass is 9.35. The Hall–Kier alpha value is -1.19. The van der Waals surface area contributed by atoms with Gasteiger partial charge in [0.15, 0.2) is 0 Å². The number of nitroso groups, excluding NO2 is 1. The van der Waals surface area contributed by atoms with Crippen molar-refractivity contribution in [1.29, 1.82) is 0 Å². The van der Waals surface area contributed by atoms with Crippen LogP contribution in [0.1, 0.15) is 112 Å². The Morgan fingerprint density at radius 1 is 0.853 bits per heavy atom. The van der Waals surface area contributed by atoms with Crippen molar-refractivity contribution < 1.29 is 9.90 Å². The molecule has 192 valence electrons. The van der Waals surface area contributed by atoms with Gasteiger partial charge in [-0.05, 0) is 117 Å². The standard InChI is InChI=1S/C27H43NO3.C3H6/c1-24(2)20-11-14-25(3)18-10-16-27(23(29)30)13-6-5-7-19(27)17(18)8-9-21(25)26(20,4)15-12-22(24)28-31;1-3-2/h17-22H,5-16H2,1-4H3,(H,29,30);3H,1H2,2H3. The van der Waals surface area contributed by atoms with Crippen LogP contribution in [0, 0.1) is 56.2 Å². The number of hydrogen-bond donors (Lipinski definition) is 1. The van der Waals surface area contributed by atoms with Crippen molar-refractivity contribution in [3.63, 3.8) is 0 Å². The average molecular weight is 472 g/mol. The molecule has 4 heteroatoms. The molecular weight excluding hydrogens is 422 g/mol. The number of carboxylic acids is 1. The third-order valence-corrected chi connectivity index (χ3v) is 12.3. The van der Waals surface area contributed by atoms with Gasteiger partial charge in [-0.1, -0.05) is 51.8 Å². The predicted octanol–water partition coefficient (Wildman–Crippen LogP) is 8.25. The lowest BCUT2D eigenvalue weighted by molar-refractivity contribution is -0.209. The van der Waals surface area contributed by atoms with Gasteiger partial charge in [-0.3, -0.25) is 4.79 Å². The molecule has 5 saturated carbocycles. The zero-order valence-electron chi connectivity index (χ0n) is 22.4. The normalized spacial score (nSPS) is 49.0. The van der Waals surface area contributed by atoms with E-state index in [-0.39, 0.29) is 16.9 Å². The predicted molar refractivity (Wildman–Crippen MR) is 138 cm³/mol. The molecule has 0 spiro atoms. The topological polar surface area (TPSA) is 66.7 Å². The molecule has 5 fully saturated rings. The zero-order chi connectivity index (χ0) is 24.9. The van der Waals surface area contributed by atoms with Gasteiger partial charge in [0.05, 0.1) is 11.5 Å². The molecule has 9 unspecified atom stereocenters. The highest BCUT2D eigenvalue weighted by atomic mass is 16.4. The van der Waals surface area contributed by atoms with Crippen molar-refractivity contribution in [1.82, 2.24) is 0 Å². The van der Waals surface area contributed by atoms with E-state index < -0.39 is 11.4 Å². The second kappa shape index (κ2) is 9.04. The summed E-state index contributed by atoms with van der Waals surface area (Å²) in [6, 6.07) is -0.0422. The van der Waals surface area contributed by atoms with Crippen molar-refractivity contribution in [2.75, 3.05) is 0 Å². The molecule has 4 nitrogen and oxygen atoms in total. The monoisotopic (exact) mass is 471 g/mol. The first-order chi connectivity index (χ1) is 16.0. The summed E-state index contributed by atoms with van der Waals surface area (Å²) in [6.07, 6.45) is 15.1. The quantitative estimate of drug-likeness (QED) is 0.325. The van der Waals surface area contributed by atoms with Crippen molar-refractivity contribution in [2.24, 2.45) is 56.4 Å². The van der Waals surface area contributed by atoms with Gasteiger partial charge in [-0.15, -0.1) is 6.58 Å². The molecule has 0 heterocycles. The van der Waals surface area contributed by atoms with Crippen LogP contribution in [0.4, 0.5) is 0 Å². The first-order valence-corrected chi connectivity index (χ1v) is 14.2. The van der Waals surface area contributed by atoms with E-state index in [4.69, 9.17) is 0 Å². The van der Waals surface area contributed by atoms with Crippen molar-refractivity contribution in [3.05, 3.63) is 17.6 Å². The number of fused-ring (bicyclic) bond motifs is 7. The van der Waals surface area contributed by atoms with E-state index in [2.05, 4.69) is 39.5 Å². The maximum atomic E-state index is 12.5. The molecule has 0 radical (unpaired) electrons. The summed E-state index contributed by atoms with van der Waals surface area (Å²) >= 11 is 0. The van der Waals surface area contributed by atoms with Crippen LogP contribution in [-0.2, 0) is 4.79 Å². The first kappa shape index (κ1) is 25.9. The molecular formula is C30H49NO3. The Kier molecular flexibility index (Phi) is 6.88. The Bertz CT molecular complexity index is 807. The minimum Gasteiger partial charge on any atom is -0.481 e. The van der Waals surface area contributed by atoms with Gasteiger partial charge in [0.1, 0.15) is 0 Å². The van der Waals surface area contributed by atoms with Gasteiger partial charge in [0.25, 0.3) is 0 Å². The van der Waals surface area contributed by atoms with E-state index in [1.807, 2.05) is 6.92 Å². The summed E-state index contributed by atoms with van der Waals surface area (Å²) in [5, 5.41) is 13.9. The third-order valence-electron chi connectivity index (χ3n) is 12.3. The second-order valence-corrected chi connectivity index (χ2v) is 13.7. The van der Waals surface area contributed by atoms with E-state index in [9.17, 15) is 14.8 Å². The van der Waals surface area contributed by atoms with E-state index in [0.717, 1.165) is 44.9 Å². The number of carbonyl (C=O) groups is 1. The summed E-state index contributed by atoms with van der Waals surface area (Å²) < 4.78 is 0. The Morgan fingerprint density at radius 3 is 2.18 bits per heavy atom. The summed E-state index contributed by atoms with van der Waals surface area (Å²) in [6.45, 7) is 15.0. The molecule has 34 heavy (non-hydrogen) atoms.